The van der Waals surface area contributed by atoms with Gasteiger partial charge in [-0.15, -0.1) is 0 Å². The van der Waals surface area contributed by atoms with Crippen LogP contribution in [0.25, 0.3) is 0 Å². The third-order valence-corrected chi connectivity index (χ3v) is 3.00. The average molecular weight is 295 g/mol. The van der Waals surface area contributed by atoms with Crippen LogP contribution >= 0.6 is 0 Å². The molecular weight excluding hydrogens is 278 g/mol. The van der Waals surface area contributed by atoms with Gasteiger partial charge in [-0.1, -0.05) is 6.07 Å². The van der Waals surface area contributed by atoms with Crippen molar-refractivity contribution in [2.45, 2.75) is 0 Å². The lowest BCUT2D eigenvalue weighted by atomic mass is 10.2. The van der Waals surface area contributed by atoms with E-state index in [0.717, 1.165) is 5.69 Å². The van der Waals surface area contributed by atoms with Gasteiger partial charge in [-0.25, -0.2) is 0 Å². The minimum Gasteiger partial charge on any atom is -0.484 e. The molecule has 0 spiro atoms. The summed E-state index contributed by atoms with van der Waals surface area (Å²) in [6.07, 6.45) is 0. The van der Waals surface area contributed by atoms with E-state index >= 15 is 0 Å². The summed E-state index contributed by atoms with van der Waals surface area (Å²) >= 11 is 0. The molecule has 0 radical (unpaired) electrons. The van der Waals surface area contributed by atoms with Crippen molar-refractivity contribution >= 4 is 17.3 Å². The maximum absolute atomic E-state index is 11.8. The Bertz CT molecular complexity index is 688. The number of amides is 1. The van der Waals surface area contributed by atoms with Gasteiger partial charge >= 0.3 is 0 Å². The summed E-state index contributed by atoms with van der Waals surface area (Å²) in [7, 11) is 3.91. The van der Waals surface area contributed by atoms with Crippen molar-refractivity contribution in [3.05, 3.63) is 54.1 Å². The van der Waals surface area contributed by atoms with Gasteiger partial charge in [0.25, 0.3) is 5.91 Å². The number of nitrogens with one attached hydrogen (secondary N) is 1. The van der Waals surface area contributed by atoms with E-state index in [4.69, 9.17) is 10.00 Å². The number of nitriles is 1. The van der Waals surface area contributed by atoms with Crippen LogP contribution in [0.4, 0.5) is 11.4 Å². The van der Waals surface area contributed by atoms with Crippen molar-refractivity contribution in [2.24, 2.45) is 0 Å². The van der Waals surface area contributed by atoms with Crippen LogP contribution in [-0.2, 0) is 4.79 Å². The van der Waals surface area contributed by atoms with Crippen LogP contribution in [0.5, 0.6) is 5.75 Å². The van der Waals surface area contributed by atoms with Crippen molar-refractivity contribution in [3.63, 3.8) is 0 Å². The van der Waals surface area contributed by atoms with E-state index in [1.165, 1.54) is 0 Å². The average Bonchev–Trinajstić information content (AvgIpc) is 2.53. The van der Waals surface area contributed by atoms with Crippen molar-refractivity contribution in [1.29, 1.82) is 5.26 Å². The largest absolute Gasteiger partial charge is 0.484 e. The maximum atomic E-state index is 11.8. The molecule has 112 valence electrons. The quantitative estimate of drug-likeness (QED) is 0.921. The van der Waals surface area contributed by atoms with Gasteiger partial charge in [0.2, 0.25) is 0 Å². The highest BCUT2D eigenvalue weighted by Crippen LogP contribution is 2.16. The second-order valence-electron chi connectivity index (χ2n) is 4.92. The fourth-order valence-electron chi connectivity index (χ4n) is 1.84. The Hall–Kier alpha value is -3.00. The summed E-state index contributed by atoms with van der Waals surface area (Å²) < 4.78 is 5.37. The molecule has 0 aliphatic rings. The number of ether oxygens (including phenoxy) is 1. The van der Waals surface area contributed by atoms with E-state index in [-0.39, 0.29) is 12.5 Å². The van der Waals surface area contributed by atoms with Crippen LogP contribution < -0.4 is 15.0 Å². The molecule has 0 heterocycles. The minimum atomic E-state index is -0.250. The second-order valence-corrected chi connectivity index (χ2v) is 4.92. The molecule has 1 amide bonds. The number of hydrogen-bond donors (Lipinski definition) is 1. The monoisotopic (exact) mass is 295 g/mol. The molecule has 0 bridgehead atoms. The van der Waals surface area contributed by atoms with E-state index in [1.54, 1.807) is 24.3 Å². The molecule has 2 aromatic rings. The molecule has 0 aliphatic heterocycles. The Labute approximate surface area is 129 Å². The van der Waals surface area contributed by atoms with E-state index < -0.39 is 0 Å². The lowest BCUT2D eigenvalue weighted by Crippen LogP contribution is -2.20. The van der Waals surface area contributed by atoms with Crippen LogP contribution in [-0.4, -0.2) is 26.6 Å². The van der Waals surface area contributed by atoms with Gasteiger partial charge in [-0.3, -0.25) is 4.79 Å². The molecular formula is C17H17N3O2. The van der Waals surface area contributed by atoms with E-state index in [0.29, 0.717) is 17.0 Å². The second kappa shape index (κ2) is 7.14. The first kappa shape index (κ1) is 15.4. The molecule has 22 heavy (non-hydrogen) atoms. The van der Waals surface area contributed by atoms with Crippen LogP contribution in [0.2, 0.25) is 0 Å². The highest BCUT2D eigenvalue weighted by Gasteiger charge is 2.05. The van der Waals surface area contributed by atoms with Crippen LogP contribution in [0, 0.1) is 11.3 Å². The molecule has 5 heteroatoms. The molecule has 2 rings (SSSR count). The number of anilines is 2. The van der Waals surface area contributed by atoms with Crippen molar-refractivity contribution in [2.75, 3.05) is 30.9 Å². The number of nitrogens with zero attached hydrogens (tertiary/aromatic N) is 2. The molecule has 2 aromatic carbocycles. The first-order valence-corrected chi connectivity index (χ1v) is 6.78. The Morgan fingerprint density at radius 2 is 1.95 bits per heavy atom. The number of rotatable bonds is 5. The van der Waals surface area contributed by atoms with Gasteiger partial charge in [0.15, 0.2) is 6.61 Å². The zero-order valence-corrected chi connectivity index (χ0v) is 12.5. The van der Waals surface area contributed by atoms with Gasteiger partial charge in [0.05, 0.1) is 11.6 Å². The Morgan fingerprint density at radius 1 is 1.23 bits per heavy atom. The predicted molar refractivity (Wildman–Crippen MR) is 86.1 cm³/mol. The summed E-state index contributed by atoms with van der Waals surface area (Å²) in [6, 6.07) is 16.2. The molecule has 0 aliphatic carbocycles. The molecule has 0 saturated carbocycles. The Kier molecular flexibility index (Phi) is 4.99. The molecule has 0 unspecified atom stereocenters. The van der Waals surface area contributed by atoms with E-state index in [2.05, 4.69) is 5.32 Å². The number of carbonyl (C=O) groups excluding carboxylic acids is 1. The molecule has 0 aromatic heterocycles. The predicted octanol–water partition coefficient (Wildman–Crippen LogP) is 2.64. The zero-order valence-electron chi connectivity index (χ0n) is 12.5. The summed E-state index contributed by atoms with van der Waals surface area (Å²) in [4.78, 5) is 13.8. The van der Waals surface area contributed by atoms with Crippen molar-refractivity contribution < 1.29 is 9.53 Å². The summed E-state index contributed by atoms with van der Waals surface area (Å²) in [5.74, 6) is 0.247. The number of hydrogen-bond acceptors (Lipinski definition) is 4. The lowest BCUT2D eigenvalue weighted by molar-refractivity contribution is -0.118. The zero-order chi connectivity index (χ0) is 15.9. The van der Waals surface area contributed by atoms with Crippen LogP contribution in [0.15, 0.2) is 48.5 Å². The first-order valence-electron chi connectivity index (χ1n) is 6.78. The van der Waals surface area contributed by atoms with Gasteiger partial charge in [-0.05, 0) is 42.5 Å². The fraction of sp³-hybridized carbons (Fsp3) is 0.176. The summed E-state index contributed by atoms with van der Waals surface area (Å²) in [5, 5.41) is 11.6. The molecule has 5 nitrogen and oxygen atoms in total. The molecule has 0 atom stereocenters. The van der Waals surface area contributed by atoms with E-state index in [9.17, 15) is 4.79 Å². The SMILES string of the molecule is CN(C)c1ccc(NC(=O)COc2cccc(C#N)c2)cc1. The normalized spacial score (nSPS) is 9.68. The molecule has 1 N–H and O–H groups in total. The third-order valence-electron chi connectivity index (χ3n) is 3.00. The smallest absolute Gasteiger partial charge is 0.262 e. The van der Waals surface area contributed by atoms with Crippen LogP contribution in [0.3, 0.4) is 0 Å². The summed E-state index contributed by atoms with van der Waals surface area (Å²) in [5.41, 5.74) is 2.27. The van der Waals surface area contributed by atoms with Crippen LogP contribution in [0.1, 0.15) is 5.56 Å². The van der Waals surface area contributed by atoms with Crippen molar-refractivity contribution in [1.82, 2.24) is 0 Å². The molecule has 0 saturated heterocycles. The Balaban J connectivity index is 1.88. The van der Waals surface area contributed by atoms with Gasteiger partial charge in [0, 0.05) is 25.5 Å². The lowest BCUT2D eigenvalue weighted by Gasteiger charge is -2.13. The third kappa shape index (κ3) is 4.25. The summed E-state index contributed by atoms with van der Waals surface area (Å²) in [6.45, 7) is -0.107. The molecule has 0 fully saturated rings. The van der Waals surface area contributed by atoms with E-state index in [1.807, 2.05) is 49.3 Å². The van der Waals surface area contributed by atoms with Gasteiger partial charge < -0.3 is 15.0 Å². The first-order chi connectivity index (χ1) is 10.6. The highest BCUT2D eigenvalue weighted by molar-refractivity contribution is 5.92. The van der Waals surface area contributed by atoms with Crippen molar-refractivity contribution in [3.8, 4) is 11.8 Å². The highest BCUT2D eigenvalue weighted by atomic mass is 16.5. The standard InChI is InChI=1S/C17H17N3O2/c1-20(2)15-8-6-14(7-9-15)19-17(21)12-22-16-5-3-4-13(10-16)11-18/h3-10H,12H2,1-2H3,(H,19,21). The number of carbonyl (C=O) groups is 1. The maximum Gasteiger partial charge on any atom is 0.262 e. The fourth-order valence-corrected chi connectivity index (χ4v) is 1.84. The topological polar surface area (TPSA) is 65.4 Å². The van der Waals surface area contributed by atoms with Gasteiger partial charge in [0.1, 0.15) is 5.75 Å². The number of benzene rings is 2. The minimum absolute atomic E-state index is 0.107. The van der Waals surface area contributed by atoms with Gasteiger partial charge in [-0.2, -0.15) is 5.26 Å². The Morgan fingerprint density at radius 3 is 2.59 bits per heavy atom.